The average Bonchev–Trinajstić information content (AvgIpc) is 3.35. The summed E-state index contributed by atoms with van der Waals surface area (Å²) in [7, 11) is 0. The molecule has 1 aliphatic rings. The Hall–Kier alpha value is -3.22. The monoisotopic (exact) mass is 427 g/mol. The first kappa shape index (κ1) is 21.0. The van der Waals surface area contributed by atoms with Crippen LogP contribution in [0.2, 0.25) is 0 Å². The normalized spacial score (nSPS) is 16.5. The SMILES string of the molecule is Cc1c([C@](C)(C(=O)O)C2CCCC2)c2cc(O)ccc2n1C(=O)c1ccc(F)c(F)c1. The van der Waals surface area contributed by atoms with E-state index in [1.54, 1.807) is 13.8 Å². The Balaban J connectivity index is 2.00. The maximum absolute atomic E-state index is 13.8. The molecule has 0 unspecified atom stereocenters. The maximum Gasteiger partial charge on any atom is 0.314 e. The topological polar surface area (TPSA) is 79.5 Å². The van der Waals surface area contributed by atoms with Crippen LogP contribution in [0.4, 0.5) is 8.78 Å². The number of phenols is 1. The highest BCUT2D eigenvalue weighted by Crippen LogP contribution is 2.47. The van der Waals surface area contributed by atoms with Crippen molar-refractivity contribution in [2.75, 3.05) is 0 Å². The molecule has 1 aromatic heterocycles. The standard InChI is InChI=1S/C24H23F2NO4/c1-13-21(24(2,23(30)31)15-5-3-4-6-15)17-12-16(28)8-10-20(17)27(13)22(29)14-7-9-18(25)19(26)11-14/h7-12,15,28H,3-6H2,1-2H3,(H,30,31)/t24-/m1/s1. The molecule has 1 fully saturated rings. The van der Waals surface area contributed by atoms with Crippen molar-refractivity contribution in [2.45, 2.75) is 44.9 Å². The van der Waals surface area contributed by atoms with Gasteiger partial charge in [-0.15, -0.1) is 0 Å². The van der Waals surface area contributed by atoms with Gasteiger partial charge >= 0.3 is 5.97 Å². The molecule has 0 amide bonds. The summed E-state index contributed by atoms with van der Waals surface area (Å²) in [5.41, 5.74) is -0.0468. The third kappa shape index (κ3) is 3.19. The van der Waals surface area contributed by atoms with Crippen molar-refractivity contribution in [3.8, 4) is 5.75 Å². The predicted octanol–water partition coefficient (Wildman–Crippen LogP) is 5.15. The lowest BCUT2D eigenvalue weighted by atomic mass is 9.70. The first-order valence-corrected chi connectivity index (χ1v) is 10.2. The van der Waals surface area contributed by atoms with Gasteiger partial charge in [0, 0.05) is 16.6 Å². The summed E-state index contributed by atoms with van der Waals surface area (Å²) < 4.78 is 28.5. The third-order valence-corrected chi connectivity index (χ3v) is 6.69. The number of rotatable bonds is 4. The van der Waals surface area contributed by atoms with Crippen LogP contribution in [-0.4, -0.2) is 26.7 Å². The minimum atomic E-state index is -1.27. The molecule has 3 aromatic rings. The van der Waals surface area contributed by atoms with Gasteiger partial charge in [-0.05, 0) is 74.6 Å². The molecule has 0 bridgehead atoms. The van der Waals surface area contributed by atoms with E-state index in [4.69, 9.17) is 0 Å². The second-order valence-electron chi connectivity index (χ2n) is 8.42. The minimum Gasteiger partial charge on any atom is -0.508 e. The fraction of sp³-hybridized carbons (Fsp3) is 0.333. The molecule has 5 nitrogen and oxygen atoms in total. The molecule has 0 saturated heterocycles. The number of aromatic hydroxyl groups is 1. The average molecular weight is 427 g/mol. The number of fused-ring (bicyclic) bond motifs is 1. The van der Waals surface area contributed by atoms with E-state index in [0.29, 0.717) is 22.2 Å². The number of halogens is 2. The van der Waals surface area contributed by atoms with Crippen LogP contribution in [0, 0.1) is 24.5 Å². The molecule has 1 aliphatic carbocycles. The van der Waals surface area contributed by atoms with Crippen molar-refractivity contribution in [3.05, 3.63) is 64.9 Å². The van der Waals surface area contributed by atoms with Crippen molar-refractivity contribution < 1.29 is 28.6 Å². The number of carbonyl (C=O) groups is 2. The van der Waals surface area contributed by atoms with E-state index in [-0.39, 0.29) is 17.2 Å². The number of phenolic OH excluding ortho intramolecular Hbond substituents is 1. The highest BCUT2D eigenvalue weighted by molar-refractivity contribution is 6.06. The van der Waals surface area contributed by atoms with Gasteiger partial charge in [-0.25, -0.2) is 8.78 Å². The largest absolute Gasteiger partial charge is 0.508 e. The lowest BCUT2D eigenvalue weighted by Crippen LogP contribution is -2.40. The van der Waals surface area contributed by atoms with Gasteiger partial charge in [-0.1, -0.05) is 12.8 Å². The molecule has 1 atom stereocenters. The number of hydrogen-bond acceptors (Lipinski definition) is 3. The molecule has 0 spiro atoms. The highest BCUT2D eigenvalue weighted by atomic mass is 19.2. The minimum absolute atomic E-state index is 0.0506. The quantitative estimate of drug-likeness (QED) is 0.603. The molecule has 2 N–H and O–H groups in total. The molecule has 2 aromatic carbocycles. The summed E-state index contributed by atoms with van der Waals surface area (Å²) >= 11 is 0. The number of carbonyl (C=O) groups excluding carboxylic acids is 1. The number of aromatic nitrogens is 1. The third-order valence-electron chi connectivity index (χ3n) is 6.69. The summed E-state index contributed by atoms with van der Waals surface area (Å²) in [5.74, 6) is -3.97. The number of carboxylic acids is 1. The van der Waals surface area contributed by atoms with Crippen LogP contribution in [-0.2, 0) is 10.2 Å². The van der Waals surface area contributed by atoms with Gasteiger partial charge < -0.3 is 10.2 Å². The van der Waals surface area contributed by atoms with E-state index in [1.807, 2.05) is 0 Å². The van der Waals surface area contributed by atoms with Crippen molar-refractivity contribution in [3.63, 3.8) is 0 Å². The second kappa shape index (κ2) is 7.48. The van der Waals surface area contributed by atoms with Gasteiger partial charge in [0.15, 0.2) is 11.6 Å². The summed E-state index contributed by atoms with van der Waals surface area (Å²) in [6.07, 6.45) is 3.38. The van der Waals surface area contributed by atoms with Crippen molar-refractivity contribution >= 4 is 22.8 Å². The summed E-state index contributed by atoms with van der Waals surface area (Å²) in [6, 6.07) is 7.32. The number of hydrogen-bond donors (Lipinski definition) is 2. The van der Waals surface area contributed by atoms with Crippen LogP contribution < -0.4 is 0 Å². The van der Waals surface area contributed by atoms with E-state index in [1.165, 1.54) is 28.8 Å². The zero-order valence-corrected chi connectivity index (χ0v) is 17.3. The van der Waals surface area contributed by atoms with Crippen molar-refractivity contribution in [1.82, 2.24) is 4.57 Å². The van der Waals surface area contributed by atoms with Crippen LogP contribution >= 0.6 is 0 Å². The van der Waals surface area contributed by atoms with Crippen molar-refractivity contribution in [1.29, 1.82) is 0 Å². The Morgan fingerprint density at radius 1 is 1.06 bits per heavy atom. The van der Waals surface area contributed by atoms with Crippen LogP contribution in [0.15, 0.2) is 36.4 Å². The molecule has 0 radical (unpaired) electrons. The van der Waals surface area contributed by atoms with Crippen LogP contribution in [0.3, 0.4) is 0 Å². The Kier molecular flexibility index (Phi) is 5.07. The highest BCUT2D eigenvalue weighted by Gasteiger charge is 2.47. The summed E-state index contributed by atoms with van der Waals surface area (Å²) in [4.78, 5) is 25.9. The number of benzene rings is 2. The summed E-state index contributed by atoms with van der Waals surface area (Å²) in [6.45, 7) is 3.32. The van der Waals surface area contributed by atoms with E-state index >= 15 is 0 Å². The molecular weight excluding hydrogens is 404 g/mol. The number of nitrogens with zero attached hydrogens (tertiary/aromatic N) is 1. The molecule has 31 heavy (non-hydrogen) atoms. The van der Waals surface area contributed by atoms with E-state index in [0.717, 1.165) is 37.8 Å². The van der Waals surface area contributed by atoms with Crippen LogP contribution in [0.1, 0.15) is 54.2 Å². The Bertz CT molecular complexity index is 1210. The fourth-order valence-corrected chi connectivity index (χ4v) is 5.07. The predicted molar refractivity (Wildman–Crippen MR) is 111 cm³/mol. The zero-order valence-electron chi connectivity index (χ0n) is 17.3. The zero-order chi connectivity index (χ0) is 22.5. The van der Waals surface area contributed by atoms with Gasteiger partial charge in [0.1, 0.15) is 5.75 Å². The number of carboxylic acid groups (broad SMARTS) is 1. The molecule has 1 saturated carbocycles. The first-order chi connectivity index (χ1) is 14.7. The first-order valence-electron chi connectivity index (χ1n) is 10.2. The molecule has 1 heterocycles. The lowest BCUT2D eigenvalue weighted by Gasteiger charge is -2.32. The Morgan fingerprint density at radius 3 is 2.35 bits per heavy atom. The van der Waals surface area contributed by atoms with E-state index < -0.39 is 28.9 Å². The van der Waals surface area contributed by atoms with Gasteiger partial charge in [0.05, 0.1) is 10.9 Å². The summed E-state index contributed by atoms with van der Waals surface area (Å²) in [5, 5.41) is 20.9. The van der Waals surface area contributed by atoms with Gasteiger partial charge in [0.25, 0.3) is 5.91 Å². The Labute approximate surface area is 177 Å². The molecule has 162 valence electrons. The second-order valence-corrected chi connectivity index (χ2v) is 8.42. The maximum atomic E-state index is 13.8. The van der Waals surface area contributed by atoms with Crippen LogP contribution in [0.25, 0.3) is 10.9 Å². The van der Waals surface area contributed by atoms with Gasteiger partial charge in [0.2, 0.25) is 0 Å². The van der Waals surface area contributed by atoms with Crippen LogP contribution in [0.5, 0.6) is 5.75 Å². The number of aliphatic carboxylic acids is 1. The van der Waals surface area contributed by atoms with E-state index in [2.05, 4.69) is 0 Å². The van der Waals surface area contributed by atoms with E-state index in [9.17, 15) is 28.6 Å². The van der Waals surface area contributed by atoms with Gasteiger partial charge in [-0.3, -0.25) is 14.2 Å². The molecule has 7 heteroatoms. The molecular formula is C24H23F2NO4. The molecule has 0 aliphatic heterocycles. The fourth-order valence-electron chi connectivity index (χ4n) is 5.07. The van der Waals surface area contributed by atoms with Gasteiger partial charge in [-0.2, -0.15) is 0 Å². The lowest BCUT2D eigenvalue weighted by molar-refractivity contribution is -0.145. The smallest absolute Gasteiger partial charge is 0.314 e. The Morgan fingerprint density at radius 2 is 1.74 bits per heavy atom. The molecule has 4 rings (SSSR count). The van der Waals surface area contributed by atoms with Crippen molar-refractivity contribution in [2.24, 2.45) is 5.92 Å².